The predicted octanol–water partition coefficient (Wildman–Crippen LogP) is 7.07. The van der Waals surface area contributed by atoms with Gasteiger partial charge in [-0.25, -0.2) is 4.79 Å². The number of esters is 1. The van der Waals surface area contributed by atoms with E-state index in [4.69, 9.17) is 4.74 Å². The van der Waals surface area contributed by atoms with Gasteiger partial charge in [0.15, 0.2) is 0 Å². The van der Waals surface area contributed by atoms with E-state index in [0.717, 1.165) is 5.56 Å². The molecule has 2 nitrogen and oxygen atoms in total. The lowest BCUT2D eigenvalue weighted by atomic mass is 9.62. The summed E-state index contributed by atoms with van der Waals surface area (Å²) in [4.78, 5) is 11.6. The lowest BCUT2D eigenvalue weighted by Gasteiger charge is -2.42. The van der Waals surface area contributed by atoms with Crippen LogP contribution in [0.5, 0.6) is 0 Å². The average molecular weight is 405 g/mol. The lowest BCUT2D eigenvalue weighted by molar-refractivity contribution is -0.137. The quantitative estimate of drug-likeness (QED) is 0.393. The van der Waals surface area contributed by atoms with E-state index < -0.39 is 0 Å². The van der Waals surface area contributed by atoms with Gasteiger partial charge in [0.1, 0.15) is 0 Å². The highest BCUT2D eigenvalue weighted by molar-refractivity contribution is 5.87. The molecule has 160 valence electrons. The molecule has 1 aliphatic carbocycles. The monoisotopic (exact) mass is 404 g/mol. The summed E-state index contributed by atoms with van der Waals surface area (Å²) in [6.07, 6.45) is 5.79. The molecule has 30 heavy (non-hydrogen) atoms. The van der Waals surface area contributed by atoms with Gasteiger partial charge in [-0.15, -0.1) is 0 Å². The van der Waals surface area contributed by atoms with Crippen molar-refractivity contribution in [2.24, 2.45) is 0 Å². The third kappa shape index (κ3) is 4.53. The van der Waals surface area contributed by atoms with Crippen molar-refractivity contribution in [2.45, 2.75) is 78.1 Å². The van der Waals surface area contributed by atoms with E-state index >= 15 is 0 Å². The number of rotatable bonds is 5. The molecule has 0 N–H and O–H groups in total. The van der Waals surface area contributed by atoms with Crippen LogP contribution in [-0.4, -0.2) is 12.6 Å². The molecule has 1 unspecified atom stereocenters. The normalized spacial score (nSPS) is 18.1. The van der Waals surface area contributed by atoms with Crippen molar-refractivity contribution in [3.05, 3.63) is 75.9 Å². The van der Waals surface area contributed by atoms with Crippen molar-refractivity contribution in [1.82, 2.24) is 0 Å². The third-order valence-electron chi connectivity index (χ3n) is 6.82. The molecular formula is C28H36O2. The van der Waals surface area contributed by atoms with E-state index in [2.05, 4.69) is 71.9 Å². The summed E-state index contributed by atoms with van der Waals surface area (Å²) < 4.78 is 4.99. The Morgan fingerprint density at radius 3 is 2.33 bits per heavy atom. The van der Waals surface area contributed by atoms with Crippen molar-refractivity contribution >= 4 is 12.0 Å². The Hall–Kier alpha value is -2.35. The Kier molecular flexibility index (Phi) is 6.26. The summed E-state index contributed by atoms with van der Waals surface area (Å²) in [5.41, 5.74) is 8.49. The molecule has 2 aromatic rings. The van der Waals surface area contributed by atoms with Crippen LogP contribution in [0.4, 0.5) is 0 Å². The van der Waals surface area contributed by atoms with Crippen LogP contribution in [0.3, 0.4) is 0 Å². The molecule has 0 amide bonds. The fourth-order valence-corrected chi connectivity index (χ4v) is 4.67. The van der Waals surface area contributed by atoms with Crippen molar-refractivity contribution in [1.29, 1.82) is 0 Å². The second-order valence-corrected chi connectivity index (χ2v) is 10.00. The number of hydrogen-bond acceptors (Lipinski definition) is 2. The molecule has 0 spiro atoms. The van der Waals surface area contributed by atoms with E-state index in [1.807, 2.05) is 19.1 Å². The molecule has 2 aromatic carbocycles. The maximum Gasteiger partial charge on any atom is 0.330 e. The van der Waals surface area contributed by atoms with Gasteiger partial charge in [0, 0.05) is 12.0 Å². The Bertz CT molecular complexity index is 963. The predicted molar refractivity (Wildman–Crippen MR) is 126 cm³/mol. The summed E-state index contributed by atoms with van der Waals surface area (Å²) in [5, 5.41) is 0. The number of fused-ring (bicyclic) bond motifs is 1. The molecule has 1 aliphatic rings. The highest BCUT2D eigenvalue weighted by atomic mass is 16.5. The van der Waals surface area contributed by atoms with Gasteiger partial charge in [-0.3, -0.25) is 0 Å². The molecule has 0 saturated heterocycles. The Balaban J connectivity index is 1.97. The number of hydrogen-bond donors (Lipinski definition) is 0. The fourth-order valence-electron chi connectivity index (χ4n) is 4.67. The van der Waals surface area contributed by atoms with Gasteiger partial charge in [-0.05, 0) is 77.0 Å². The standard InChI is InChI=1S/C28H36O2/c1-8-30-26(29)13-12-21-10-9-11-22(17-21)20(3)23-18-25-24(16-19(23)2)27(4,5)14-15-28(25,6)7/h9-13,16-18,20H,8,14-15H2,1-7H3/b13-12+. The first-order chi connectivity index (χ1) is 14.0. The fraction of sp³-hybridized carbons (Fsp3) is 0.464. The molecule has 0 aromatic heterocycles. The number of aryl methyl sites for hydroxylation is 1. The van der Waals surface area contributed by atoms with Gasteiger partial charge in [0.25, 0.3) is 0 Å². The molecule has 1 atom stereocenters. The van der Waals surface area contributed by atoms with Gasteiger partial charge in [0.05, 0.1) is 6.61 Å². The van der Waals surface area contributed by atoms with Gasteiger partial charge in [-0.1, -0.05) is 71.0 Å². The maximum atomic E-state index is 11.6. The summed E-state index contributed by atoms with van der Waals surface area (Å²) >= 11 is 0. The lowest BCUT2D eigenvalue weighted by Crippen LogP contribution is -2.34. The Labute approximate surface area is 182 Å². The number of carbonyl (C=O) groups excluding carboxylic acids is 1. The topological polar surface area (TPSA) is 26.3 Å². The first-order valence-electron chi connectivity index (χ1n) is 11.2. The Morgan fingerprint density at radius 1 is 1.07 bits per heavy atom. The molecule has 3 rings (SSSR count). The number of carbonyl (C=O) groups is 1. The summed E-state index contributed by atoms with van der Waals surface area (Å²) in [5.74, 6) is -0.0154. The van der Waals surface area contributed by atoms with E-state index in [-0.39, 0.29) is 22.7 Å². The summed E-state index contributed by atoms with van der Waals surface area (Å²) in [7, 11) is 0. The van der Waals surface area contributed by atoms with E-state index in [0.29, 0.717) is 6.61 Å². The van der Waals surface area contributed by atoms with Gasteiger partial charge < -0.3 is 4.74 Å². The van der Waals surface area contributed by atoms with Crippen LogP contribution >= 0.6 is 0 Å². The summed E-state index contributed by atoms with van der Waals surface area (Å²) in [6.45, 7) is 16.3. The van der Waals surface area contributed by atoms with E-state index in [1.54, 1.807) is 0 Å². The zero-order valence-corrected chi connectivity index (χ0v) is 19.6. The van der Waals surface area contributed by atoms with Crippen molar-refractivity contribution in [3.8, 4) is 0 Å². The van der Waals surface area contributed by atoms with Crippen LogP contribution in [0.2, 0.25) is 0 Å². The molecule has 0 bridgehead atoms. The van der Waals surface area contributed by atoms with Crippen molar-refractivity contribution < 1.29 is 9.53 Å². The van der Waals surface area contributed by atoms with Crippen LogP contribution in [0.1, 0.15) is 93.7 Å². The molecule has 2 heteroatoms. The van der Waals surface area contributed by atoms with Crippen molar-refractivity contribution in [2.75, 3.05) is 6.61 Å². The minimum absolute atomic E-state index is 0.206. The van der Waals surface area contributed by atoms with Crippen LogP contribution in [-0.2, 0) is 20.4 Å². The highest BCUT2D eigenvalue weighted by Crippen LogP contribution is 2.47. The molecule has 0 saturated carbocycles. The smallest absolute Gasteiger partial charge is 0.330 e. The highest BCUT2D eigenvalue weighted by Gasteiger charge is 2.37. The molecule has 0 radical (unpaired) electrons. The third-order valence-corrected chi connectivity index (χ3v) is 6.82. The summed E-state index contributed by atoms with van der Waals surface area (Å²) in [6, 6.07) is 13.4. The SMILES string of the molecule is CCOC(=O)/C=C/c1cccc(C(C)c2cc3c(cc2C)C(C)(C)CCC3(C)C)c1. The number of benzene rings is 2. The van der Waals surface area contributed by atoms with Crippen molar-refractivity contribution in [3.63, 3.8) is 0 Å². The second kappa shape index (κ2) is 8.41. The molecular weight excluding hydrogens is 368 g/mol. The van der Waals surface area contributed by atoms with Gasteiger partial charge >= 0.3 is 5.97 Å². The van der Waals surface area contributed by atoms with Crippen LogP contribution in [0.15, 0.2) is 42.5 Å². The average Bonchev–Trinajstić information content (AvgIpc) is 2.70. The largest absolute Gasteiger partial charge is 0.463 e. The molecule has 0 aliphatic heterocycles. The minimum Gasteiger partial charge on any atom is -0.463 e. The van der Waals surface area contributed by atoms with Gasteiger partial charge in [0.2, 0.25) is 0 Å². The Morgan fingerprint density at radius 2 is 1.70 bits per heavy atom. The van der Waals surface area contributed by atoms with Crippen LogP contribution in [0.25, 0.3) is 6.08 Å². The number of ether oxygens (including phenoxy) is 1. The second-order valence-electron chi connectivity index (χ2n) is 10.00. The molecule has 0 heterocycles. The first-order valence-corrected chi connectivity index (χ1v) is 11.2. The first kappa shape index (κ1) is 22.3. The zero-order chi connectivity index (χ0) is 22.1. The minimum atomic E-state index is -0.300. The van der Waals surface area contributed by atoms with E-state index in [1.165, 1.54) is 46.7 Å². The van der Waals surface area contributed by atoms with Crippen LogP contribution in [0, 0.1) is 6.92 Å². The zero-order valence-electron chi connectivity index (χ0n) is 19.6. The molecule has 0 fully saturated rings. The van der Waals surface area contributed by atoms with Crippen LogP contribution < -0.4 is 0 Å². The maximum absolute atomic E-state index is 11.6. The van der Waals surface area contributed by atoms with E-state index in [9.17, 15) is 4.79 Å². The van der Waals surface area contributed by atoms with Gasteiger partial charge in [-0.2, -0.15) is 0 Å².